The molecule has 3 rings (SSSR count). The van der Waals surface area contributed by atoms with Crippen molar-refractivity contribution in [2.45, 2.75) is 45.6 Å². The van der Waals surface area contributed by atoms with Crippen LogP contribution in [0.1, 0.15) is 30.5 Å². The van der Waals surface area contributed by atoms with E-state index in [4.69, 9.17) is 14.2 Å². The second-order valence-electron chi connectivity index (χ2n) is 6.81. The van der Waals surface area contributed by atoms with Crippen molar-refractivity contribution < 1.29 is 19.3 Å². The van der Waals surface area contributed by atoms with Gasteiger partial charge in [-0.25, -0.2) is 0 Å². The molecule has 2 N–H and O–H groups in total. The molecular formula is C21H27NO4. The molecule has 2 aromatic carbocycles. The van der Waals surface area contributed by atoms with Crippen LogP contribution in [-0.2, 0) is 19.6 Å². The molecule has 1 heterocycles. The molecule has 0 spiro atoms. The molecule has 26 heavy (non-hydrogen) atoms. The molecule has 1 aliphatic rings. The van der Waals surface area contributed by atoms with E-state index in [0.29, 0.717) is 13.2 Å². The molecule has 0 fully saturated rings. The SMILES string of the molecule is COc1cccc2c1OC[C@@H](NCc1ccc(OC(C)C)c(CO)c1)C2. The molecule has 2 aromatic rings. The van der Waals surface area contributed by atoms with Crippen molar-refractivity contribution in [1.82, 2.24) is 5.32 Å². The Morgan fingerprint density at radius 2 is 2.08 bits per heavy atom. The molecule has 0 radical (unpaired) electrons. The number of ether oxygens (including phenoxy) is 3. The van der Waals surface area contributed by atoms with Gasteiger partial charge in [0, 0.05) is 18.2 Å². The quantitative estimate of drug-likeness (QED) is 0.797. The fraction of sp³-hybridized carbons (Fsp3) is 0.429. The molecule has 1 aliphatic heterocycles. The maximum absolute atomic E-state index is 9.60. The average molecular weight is 357 g/mol. The molecule has 5 nitrogen and oxygen atoms in total. The summed E-state index contributed by atoms with van der Waals surface area (Å²) in [5, 5.41) is 13.1. The largest absolute Gasteiger partial charge is 0.493 e. The standard InChI is InChI=1S/C21H27NO4/c1-14(2)26-19-8-7-15(9-17(19)12-23)11-22-18-10-16-5-4-6-20(24-3)21(16)25-13-18/h4-9,14,18,22-23H,10-13H2,1-3H3/t18-/m0/s1. The van der Waals surface area contributed by atoms with Crippen molar-refractivity contribution in [1.29, 1.82) is 0 Å². The molecular weight excluding hydrogens is 330 g/mol. The van der Waals surface area contributed by atoms with E-state index in [1.54, 1.807) is 7.11 Å². The van der Waals surface area contributed by atoms with Gasteiger partial charge in [0.05, 0.1) is 19.8 Å². The number of fused-ring (bicyclic) bond motifs is 1. The zero-order chi connectivity index (χ0) is 18.5. The fourth-order valence-corrected chi connectivity index (χ4v) is 3.18. The minimum atomic E-state index is -0.0321. The lowest BCUT2D eigenvalue weighted by Gasteiger charge is -2.27. The summed E-state index contributed by atoms with van der Waals surface area (Å²) in [6.45, 7) is 5.24. The molecule has 0 saturated carbocycles. The smallest absolute Gasteiger partial charge is 0.164 e. The van der Waals surface area contributed by atoms with Crippen LogP contribution >= 0.6 is 0 Å². The number of methoxy groups -OCH3 is 1. The monoisotopic (exact) mass is 357 g/mol. The van der Waals surface area contributed by atoms with Gasteiger partial charge in [-0.1, -0.05) is 18.2 Å². The summed E-state index contributed by atoms with van der Waals surface area (Å²) < 4.78 is 17.0. The molecule has 140 valence electrons. The van der Waals surface area contributed by atoms with Crippen LogP contribution in [0.3, 0.4) is 0 Å². The van der Waals surface area contributed by atoms with Crippen LogP contribution in [0.5, 0.6) is 17.2 Å². The Morgan fingerprint density at radius 3 is 2.81 bits per heavy atom. The number of aliphatic hydroxyl groups excluding tert-OH is 1. The van der Waals surface area contributed by atoms with E-state index in [2.05, 4.69) is 11.4 Å². The van der Waals surface area contributed by atoms with Crippen LogP contribution < -0.4 is 19.5 Å². The van der Waals surface area contributed by atoms with Crippen LogP contribution in [-0.4, -0.2) is 31.0 Å². The van der Waals surface area contributed by atoms with Crippen molar-refractivity contribution in [3.63, 3.8) is 0 Å². The van der Waals surface area contributed by atoms with Crippen molar-refractivity contribution in [3.05, 3.63) is 53.1 Å². The lowest BCUT2D eigenvalue weighted by atomic mass is 10.0. The Balaban J connectivity index is 1.63. The Bertz CT molecular complexity index is 745. The van der Waals surface area contributed by atoms with Crippen LogP contribution in [0.15, 0.2) is 36.4 Å². The predicted molar refractivity (Wildman–Crippen MR) is 101 cm³/mol. The summed E-state index contributed by atoms with van der Waals surface area (Å²) in [6.07, 6.45) is 0.981. The van der Waals surface area contributed by atoms with E-state index in [1.807, 2.05) is 44.2 Å². The van der Waals surface area contributed by atoms with E-state index in [-0.39, 0.29) is 18.8 Å². The summed E-state index contributed by atoms with van der Waals surface area (Å²) in [7, 11) is 1.66. The third-order valence-corrected chi connectivity index (χ3v) is 4.43. The molecule has 0 bridgehead atoms. The number of aliphatic hydroxyl groups is 1. The topological polar surface area (TPSA) is 60.0 Å². The third-order valence-electron chi connectivity index (χ3n) is 4.43. The number of benzene rings is 2. The Morgan fingerprint density at radius 1 is 1.23 bits per heavy atom. The zero-order valence-electron chi connectivity index (χ0n) is 15.6. The fourth-order valence-electron chi connectivity index (χ4n) is 3.18. The summed E-state index contributed by atoms with van der Waals surface area (Å²) >= 11 is 0. The molecule has 0 unspecified atom stereocenters. The second kappa shape index (κ2) is 8.43. The van der Waals surface area contributed by atoms with Crippen molar-refractivity contribution >= 4 is 0 Å². The van der Waals surface area contributed by atoms with Crippen molar-refractivity contribution in [2.24, 2.45) is 0 Å². The van der Waals surface area contributed by atoms with Gasteiger partial charge in [0.25, 0.3) is 0 Å². The van der Waals surface area contributed by atoms with Crippen molar-refractivity contribution in [2.75, 3.05) is 13.7 Å². The number of rotatable bonds is 7. The first-order chi connectivity index (χ1) is 12.6. The molecule has 5 heteroatoms. The maximum atomic E-state index is 9.60. The summed E-state index contributed by atoms with van der Waals surface area (Å²) in [5.74, 6) is 2.38. The van der Waals surface area contributed by atoms with Crippen LogP contribution in [0, 0.1) is 0 Å². The lowest BCUT2D eigenvalue weighted by Crippen LogP contribution is -2.38. The van der Waals surface area contributed by atoms with Crippen LogP contribution in [0.2, 0.25) is 0 Å². The van der Waals surface area contributed by atoms with Gasteiger partial charge in [-0.05, 0) is 49.6 Å². The summed E-state index contributed by atoms with van der Waals surface area (Å²) in [6, 6.07) is 12.2. The maximum Gasteiger partial charge on any atom is 0.164 e. The number of para-hydroxylation sites is 1. The zero-order valence-corrected chi connectivity index (χ0v) is 15.6. The predicted octanol–water partition coefficient (Wildman–Crippen LogP) is 3.07. The first-order valence-electron chi connectivity index (χ1n) is 9.02. The van der Waals surface area contributed by atoms with Crippen LogP contribution in [0.4, 0.5) is 0 Å². The number of nitrogens with one attached hydrogen (secondary N) is 1. The number of hydrogen-bond donors (Lipinski definition) is 2. The van der Waals surface area contributed by atoms with Gasteiger partial charge in [-0.2, -0.15) is 0 Å². The molecule has 0 aliphatic carbocycles. The number of hydrogen-bond acceptors (Lipinski definition) is 5. The summed E-state index contributed by atoms with van der Waals surface area (Å²) in [5.41, 5.74) is 3.08. The van der Waals surface area contributed by atoms with Gasteiger partial charge in [-0.3, -0.25) is 0 Å². The average Bonchev–Trinajstić information content (AvgIpc) is 2.66. The summed E-state index contributed by atoms with van der Waals surface area (Å²) in [4.78, 5) is 0. The highest BCUT2D eigenvalue weighted by Gasteiger charge is 2.22. The molecule has 0 saturated heterocycles. The van der Waals surface area contributed by atoms with Gasteiger partial charge >= 0.3 is 0 Å². The first kappa shape index (κ1) is 18.5. The van der Waals surface area contributed by atoms with Crippen molar-refractivity contribution in [3.8, 4) is 17.2 Å². The highest BCUT2D eigenvalue weighted by Crippen LogP contribution is 2.34. The Hall–Kier alpha value is -2.24. The van der Waals surface area contributed by atoms with Gasteiger partial charge < -0.3 is 24.6 Å². The molecule has 0 aromatic heterocycles. The normalized spacial score (nSPS) is 16.1. The third kappa shape index (κ3) is 4.29. The second-order valence-corrected chi connectivity index (χ2v) is 6.81. The molecule has 0 amide bonds. The van der Waals surface area contributed by atoms with Gasteiger partial charge in [0.15, 0.2) is 11.5 Å². The lowest BCUT2D eigenvalue weighted by molar-refractivity contribution is 0.224. The van der Waals surface area contributed by atoms with Crippen LogP contribution in [0.25, 0.3) is 0 Å². The highest BCUT2D eigenvalue weighted by atomic mass is 16.5. The Kier molecular flexibility index (Phi) is 6.01. The van der Waals surface area contributed by atoms with E-state index >= 15 is 0 Å². The highest BCUT2D eigenvalue weighted by molar-refractivity contribution is 5.48. The van der Waals surface area contributed by atoms with Gasteiger partial charge in [-0.15, -0.1) is 0 Å². The van der Waals surface area contributed by atoms with Gasteiger partial charge in [0.2, 0.25) is 0 Å². The van der Waals surface area contributed by atoms with E-state index in [1.165, 1.54) is 0 Å². The molecule has 1 atom stereocenters. The van der Waals surface area contributed by atoms with E-state index in [0.717, 1.165) is 40.4 Å². The van der Waals surface area contributed by atoms with Gasteiger partial charge in [0.1, 0.15) is 12.4 Å². The van der Waals surface area contributed by atoms with E-state index < -0.39 is 0 Å². The van der Waals surface area contributed by atoms with E-state index in [9.17, 15) is 5.11 Å². The minimum Gasteiger partial charge on any atom is -0.493 e. The minimum absolute atomic E-state index is 0.0321. The Labute approximate surface area is 154 Å². The first-order valence-corrected chi connectivity index (χ1v) is 9.02.